The molecule has 4 aromatic rings. The zero-order valence-electron chi connectivity index (χ0n) is 17.4. The summed E-state index contributed by atoms with van der Waals surface area (Å²) in [5, 5.41) is 11.3. The molecule has 10 heteroatoms. The second-order valence-electron chi connectivity index (χ2n) is 7.98. The van der Waals surface area contributed by atoms with Crippen LogP contribution in [-0.2, 0) is 0 Å². The molecule has 2 N–H and O–H groups in total. The zero-order valence-corrected chi connectivity index (χ0v) is 19.7. The minimum atomic E-state index is -4.58. The van der Waals surface area contributed by atoms with Crippen molar-refractivity contribution in [3.8, 4) is 0 Å². The predicted octanol–water partition coefficient (Wildman–Crippen LogP) is 7.36. The largest absolute Gasteiger partial charge is 0.410 e. The third-order valence-corrected chi connectivity index (χ3v) is 6.71. The van der Waals surface area contributed by atoms with E-state index in [1.807, 2.05) is 30.3 Å². The van der Waals surface area contributed by atoms with Crippen LogP contribution in [0.25, 0.3) is 10.8 Å². The first-order chi connectivity index (χ1) is 16.2. The minimum absolute atomic E-state index is 0.0359. The van der Waals surface area contributed by atoms with Crippen LogP contribution in [0.1, 0.15) is 34.6 Å². The highest BCUT2D eigenvalue weighted by molar-refractivity contribution is 9.10. The molecule has 5 nitrogen and oxygen atoms in total. The Bertz CT molecular complexity index is 1380. The Morgan fingerprint density at radius 2 is 1.79 bits per heavy atom. The molecule has 1 amide bonds. The molecule has 1 aliphatic rings. The van der Waals surface area contributed by atoms with E-state index in [-0.39, 0.29) is 23.0 Å². The third kappa shape index (κ3) is 4.14. The van der Waals surface area contributed by atoms with Crippen LogP contribution in [-0.4, -0.2) is 21.9 Å². The molecule has 0 unspecified atom stereocenters. The minimum Gasteiger partial charge on any atom is -0.362 e. The van der Waals surface area contributed by atoms with Gasteiger partial charge in [0.05, 0.1) is 6.04 Å². The van der Waals surface area contributed by atoms with Gasteiger partial charge in [-0.3, -0.25) is 4.79 Å². The van der Waals surface area contributed by atoms with E-state index < -0.39 is 24.2 Å². The first kappa shape index (κ1) is 22.7. The number of nitrogens with one attached hydrogen (secondary N) is 2. The number of carbonyl (C=O) groups is 1. The topological polar surface area (TPSA) is 59.0 Å². The van der Waals surface area contributed by atoms with Gasteiger partial charge >= 0.3 is 6.18 Å². The van der Waals surface area contributed by atoms with Crippen LogP contribution in [0.15, 0.2) is 71.2 Å². The van der Waals surface area contributed by atoms with E-state index in [1.54, 1.807) is 36.4 Å². The van der Waals surface area contributed by atoms with Crippen molar-refractivity contribution >= 4 is 55.7 Å². The van der Waals surface area contributed by atoms with Crippen LogP contribution in [0, 0.1) is 0 Å². The molecule has 3 aromatic carbocycles. The maximum Gasteiger partial charge on any atom is 0.410 e. The fourth-order valence-corrected chi connectivity index (χ4v) is 4.69. The zero-order chi connectivity index (χ0) is 24.0. The fourth-order valence-electron chi connectivity index (χ4n) is 4.16. The lowest BCUT2D eigenvalue weighted by atomic mass is 9.97. The van der Waals surface area contributed by atoms with E-state index in [2.05, 4.69) is 31.7 Å². The van der Waals surface area contributed by atoms with Gasteiger partial charge in [0, 0.05) is 22.0 Å². The van der Waals surface area contributed by atoms with Gasteiger partial charge in [-0.2, -0.15) is 18.3 Å². The van der Waals surface area contributed by atoms with Gasteiger partial charge in [-0.05, 0) is 29.1 Å². The lowest BCUT2D eigenvalue weighted by Crippen LogP contribution is -2.35. The van der Waals surface area contributed by atoms with Crippen molar-refractivity contribution in [2.75, 3.05) is 10.6 Å². The molecule has 2 atom stereocenters. The number of amides is 1. The quantitative estimate of drug-likeness (QED) is 0.281. The summed E-state index contributed by atoms with van der Waals surface area (Å²) in [6, 6.07) is 17.2. The van der Waals surface area contributed by atoms with E-state index in [4.69, 9.17) is 11.6 Å². The standard InChI is InChI=1S/C24H17BrClF3N4O/c25-15-10-8-14(9-11-15)18-12-19(24(27,28)29)33-22(30-18)20(26)21(32-33)23(34)31-17-7-3-5-13-4-1-2-6-16(13)17/h1-11,18-19,30H,12H2,(H,31,34)/t18-,19-/m0/s1. The molecule has 2 heterocycles. The Morgan fingerprint density at radius 3 is 2.53 bits per heavy atom. The average molecular weight is 550 g/mol. The Morgan fingerprint density at radius 1 is 1.09 bits per heavy atom. The smallest absolute Gasteiger partial charge is 0.362 e. The molecule has 34 heavy (non-hydrogen) atoms. The maximum absolute atomic E-state index is 14.0. The summed E-state index contributed by atoms with van der Waals surface area (Å²) in [6.45, 7) is 0. The molecule has 1 aromatic heterocycles. The number of halogens is 5. The SMILES string of the molecule is O=C(Nc1cccc2ccccc12)c1nn2c(c1Cl)N[C@H](c1ccc(Br)cc1)C[C@H]2C(F)(F)F. The molecular formula is C24H17BrClF3N4O. The second kappa shape index (κ2) is 8.63. The van der Waals surface area contributed by atoms with Gasteiger partial charge in [0.1, 0.15) is 10.8 Å². The van der Waals surface area contributed by atoms with Crippen molar-refractivity contribution in [3.05, 3.63) is 87.5 Å². The van der Waals surface area contributed by atoms with Crippen LogP contribution in [0.3, 0.4) is 0 Å². The van der Waals surface area contributed by atoms with Crippen LogP contribution in [0.5, 0.6) is 0 Å². The summed E-state index contributed by atoms with van der Waals surface area (Å²) in [7, 11) is 0. The Balaban J connectivity index is 1.51. The summed E-state index contributed by atoms with van der Waals surface area (Å²) in [5.41, 5.74) is 0.906. The van der Waals surface area contributed by atoms with Gasteiger partial charge < -0.3 is 10.6 Å². The highest BCUT2D eigenvalue weighted by Crippen LogP contribution is 2.46. The lowest BCUT2D eigenvalue weighted by molar-refractivity contribution is -0.173. The van der Waals surface area contributed by atoms with Gasteiger partial charge in [0.2, 0.25) is 0 Å². The summed E-state index contributed by atoms with van der Waals surface area (Å²) >= 11 is 9.77. The summed E-state index contributed by atoms with van der Waals surface area (Å²) in [6.07, 6.45) is -4.87. The molecule has 0 saturated heterocycles. The van der Waals surface area contributed by atoms with Crippen molar-refractivity contribution in [1.82, 2.24) is 9.78 Å². The van der Waals surface area contributed by atoms with Crippen molar-refractivity contribution in [2.24, 2.45) is 0 Å². The van der Waals surface area contributed by atoms with Crippen LogP contribution in [0.4, 0.5) is 24.7 Å². The first-order valence-electron chi connectivity index (χ1n) is 10.4. The van der Waals surface area contributed by atoms with Crippen molar-refractivity contribution in [1.29, 1.82) is 0 Å². The van der Waals surface area contributed by atoms with Gasteiger partial charge in [0.25, 0.3) is 5.91 Å². The molecule has 0 saturated carbocycles. The predicted molar refractivity (Wildman–Crippen MR) is 129 cm³/mol. The Labute approximate surface area is 206 Å². The number of benzene rings is 3. The fraction of sp³-hybridized carbons (Fsp3) is 0.167. The number of carbonyl (C=O) groups excluding carboxylic acids is 1. The first-order valence-corrected chi connectivity index (χ1v) is 11.6. The van der Waals surface area contributed by atoms with E-state index in [0.717, 1.165) is 19.9 Å². The lowest BCUT2D eigenvalue weighted by Gasteiger charge is -2.33. The summed E-state index contributed by atoms with van der Waals surface area (Å²) < 4.78 is 43.6. The molecule has 0 radical (unpaired) electrons. The monoisotopic (exact) mass is 548 g/mol. The van der Waals surface area contributed by atoms with Gasteiger partial charge in [-0.1, -0.05) is 76.1 Å². The molecular weight excluding hydrogens is 533 g/mol. The van der Waals surface area contributed by atoms with E-state index in [1.165, 1.54) is 0 Å². The molecule has 174 valence electrons. The number of anilines is 2. The number of alkyl halides is 3. The number of hydrogen-bond donors (Lipinski definition) is 2. The number of fused-ring (bicyclic) bond motifs is 2. The number of nitrogens with zero attached hydrogens (tertiary/aromatic N) is 2. The highest BCUT2D eigenvalue weighted by Gasteiger charge is 2.47. The molecule has 5 rings (SSSR count). The number of aromatic nitrogens is 2. The van der Waals surface area contributed by atoms with Crippen molar-refractivity contribution in [2.45, 2.75) is 24.7 Å². The van der Waals surface area contributed by atoms with E-state index >= 15 is 0 Å². The van der Waals surface area contributed by atoms with Crippen LogP contribution in [0.2, 0.25) is 5.02 Å². The second-order valence-corrected chi connectivity index (χ2v) is 9.27. The van der Waals surface area contributed by atoms with Gasteiger partial charge in [-0.25, -0.2) is 4.68 Å². The van der Waals surface area contributed by atoms with E-state index in [0.29, 0.717) is 11.3 Å². The molecule has 0 spiro atoms. The summed E-state index contributed by atoms with van der Waals surface area (Å²) in [5.74, 6) is -0.725. The Kier molecular flexibility index (Phi) is 5.77. The van der Waals surface area contributed by atoms with E-state index in [9.17, 15) is 18.0 Å². The van der Waals surface area contributed by atoms with Gasteiger partial charge in [-0.15, -0.1) is 0 Å². The molecule has 0 bridgehead atoms. The van der Waals surface area contributed by atoms with Crippen LogP contribution < -0.4 is 10.6 Å². The highest BCUT2D eigenvalue weighted by atomic mass is 79.9. The molecule has 1 aliphatic heterocycles. The average Bonchev–Trinajstić information content (AvgIpc) is 3.15. The molecule has 0 aliphatic carbocycles. The maximum atomic E-state index is 14.0. The van der Waals surface area contributed by atoms with Crippen molar-refractivity contribution < 1.29 is 18.0 Å². The molecule has 0 fully saturated rings. The Hall–Kier alpha value is -3.04. The number of hydrogen-bond acceptors (Lipinski definition) is 3. The van der Waals surface area contributed by atoms with Crippen molar-refractivity contribution in [3.63, 3.8) is 0 Å². The summed E-state index contributed by atoms with van der Waals surface area (Å²) in [4.78, 5) is 13.1. The normalized spacial score (nSPS) is 17.8. The van der Waals surface area contributed by atoms with Gasteiger partial charge in [0.15, 0.2) is 11.7 Å². The third-order valence-electron chi connectivity index (χ3n) is 5.82. The van der Waals surface area contributed by atoms with Crippen LogP contribution >= 0.6 is 27.5 Å². The number of rotatable bonds is 3.